The van der Waals surface area contributed by atoms with Crippen LogP contribution in [-0.4, -0.2) is 5.67 Å². The van der Waals surface area contributed by atoms with E-state index in [9.17, 15) is 4.39 Å². The molecule has 0 heterocycles. The van der Waals surface area contributed by atoms with Crippen LogP contribution in [0, 0.1) is 0 Å². The molecule has 0 aliphatic heterocycles. The minimum atomic E-state index is -0.885. The topological polar surface area (TPSA) is 0 Å². The van der Waals surface area contributed by atoms with Gasteiger partial charge in [-0.15, -0.1) is 0 Å². The lowest BCUT2D eigenvalue weighted by atomic mass is 9.92. The monoisotopic (exact) mass is 228 g/mol. The highest BCUT2D eigenvalue weighted by molar-refractivity contribution is 4.73. The largest absolute Gasteiger partial charge is 0.244 e. The highest BCUT2D eigenvalue weighted by atomic mass is 19.1. The van der Waals surface area contributed by atoms with E-state index in [4.69, 9.17) is 0 Å². The van der Waals surface area contributed by atoms with Gasteiger partial charge >= 0.3 is 0 Å². The molecule has 1 aliphatic carbocycles. The summed E-state index contributed by atoms with van der Waals surface area (Å²) in [6.45, 7) is 1.80. The van der Waals surface area contributed by atoms with Gasteiger partial charge in [-0.2, -0.15) is 0 Å². The van der Waals surface area contributed by atoms with Crippen LogP contribution in [0.1, 0.15) is 90.4 Å². The van der Waals surface area contributed by atoms with E-state index < -0.39 is 5.67 Å². The normalized spacial score (nSPS) is 25.9. The van der Waals surface area contributed by atoms with E-state index in [2.05, 4.69) is 0 Å². The van der Waals surface area contributed by atoms with Crippen molar-refractivity contribution in [1.29, 1.82) is 0 Å². The summed E-state index contributed by atoms with van der Waals surface area (Å²) in [5.41, 5.74) is -0.885. The first-order valence-corrected chi connectivity index (χ1v) is 7.40. The summed E-state index contributed by atoms with van der Waals surface area (Å²) in [6, 6.07) is 0. The maximum absolute atomic E-state index is 14.0. The lowest BCUT2D eigenvalue weighted by molar-refractivity contribution is 0.151. The van der Waals surface area contributed by atoms with Gasteiger partial charge in [0.25, 0.3) is 0 Å². The van der Waals surface area contributed by atoms with Gasteiger partial charge in [-0.3, -0.25) is 0 Å². The molecule has 0 bridgehead atoms. The molecule has 0 radical (unpaired) electrons. The SMILES string of the molecule is CC1(F)CCCCCCCCCCCCC1. The van der Waals surface area contributed by atoms with Crippen molar-refractivity contribution in [3.05, 3.63) is 0 Å². The molecular weight excluding hydrogens is 199 g/mol. The van der Waals surface area contributed by atoms with Crippen molar-refractivity contribution in [1.82, 2.24) is 0 Å². The van der Waals surface area contributed by atoms with Crippen LogP contribution in [0.4, 0.5) is 4.39 Å². The highest BCUT2D eigenvalue weighted by Crippen LogP contribution is 2.27. The highest BCUT2D eigenvalue weighted by Gasteiger charge is 2.21. The van der Waals surface area contributed by atoms with Crippen molar-refractivity contribution in [3.8, 4) is 0 Å². The molecule has 16 heavy (non-hydrogen) atoms. The van der Waals surface area contributed by atoms with E-state index >= 15 is 0 Å². The summed E-state index contributed by atoms with van der Waals surface area (Å²) in [6.07, 6.45) is 15.8. The molecule has 0 unspecified atom stereocenters. The first-order valence-electron chi connectivity index (χ1n) is 7.40. The molecule has 0 aromatic heterocycles. The molecule has 1 rings (SSSR count). The predicted molar refractivity (Wildman–Crippen MR) is 69.5 cm³/mol. The Hall–Kier alpha value is -0.0700. The molecule has 1 fully saturated rings. The van der Waals surface area contributed by atoms with Crippen molar-refractivity contribution in [2.45, 2.75) is 96.1 Å². The number of hydrogen-bond donors (Lipinski definition) is 0. The summed E-state index contributed by atoms with van der Waals surface area (Å²) in [4.78, 5) is 0. The van der Waals surface area contributed by atoms with Gasteiger partial charge in [0.15, 0.2) is 0 Å². The molecule has 1 aliphatic rings. The average molecular weight is 228 g/mol. The zero-order chi connectivity index (χ0) is 11.7. The van der Waals surface area contributed by atoms with Gasteiger partial charge in [0.1, 0.15) is 5.67 Å². The Balaban J connectivity index is 2.22. The second-order valence-electron chi connectivity index (χ2n) is 5.80. The maximum atomic E-state index is 14.0. The fraction of sp³-hybridized carbons (Fsp3) is 1.00. The van der Waals surface area contributed by atoms with Crippen molar-refractivity contribution < 1.29 is 4.39 Å². The van der Waals surface area contributed by atoms with Gasteiger partial charge in [-0.05, 0) is 19.8 Å². The lowest BCUT2D eigenvalue weighted by Crippen LogP contribution is -2.17. The fourth-order valence-corrected chi connectivity index (χ4v) is 2.70. The second kappa shape index (κ2) is 8.08. The minimum absolute atomic E-state index is 0.785. The molecule has 1 heteroatoms. The summed E-state index contributed by atoms with van der Waals surface area (Å²) in [7, 11) is 0. The number of hydrogen-bond acceptors (Lipinski definition) is 0. The summed E-state index contributed by atoms with van der Waals surface area (Å²) in [5, 5.41) is 0. The Morgan fingerprint density at radius 2 is 0.812 bits per heavy atom. The summed E-state index contributed by atoms with van der Waals surface area (Å²) < 4.78 is 14.0. The fourth-order valence-electron chi connectivity index (χ4n) is 2.70. The number of halogens is 1. The molecule has 0 aromatic rings. The third-order valence-electron chi connectivity index (χ3n) is 3.90. The molecule has 0 atom stereocenters. The van der Waals surface area contributed by atoms with Gasteiger partial charge in [0.05, 0.1) is 0 Å². The van der Waals surface area contributed by atoms with Crippen LogP contribution < -0.4 is 0 Å². The van der Waals surface area contributed by atoms with E-state index in [0.717, 1.165) is 25.7 Å². The van der Waals surface area contributed by atoms with E-state index in [-0.39, 0.29) is 0 Å². The van der Waals surface area contributed by atoms with Gasteiger partial charge in [0.2, 0.25) is 0 Å². The first-order chi connectivity index (χ1) is 7.71. The van der Waals surface area contributed by atoms with Crippen molar-refractivity contribution >= 4 is 0 Å². The molecular formula is C15H29F. The molecule has 0 N–H and O–H groups in total. The number of alkyl halides is 1. The summed E-state index contributed by atoms with van der Waals surface area (Å²) >= 11 is 0. The third-order valence-corrected chi connectivity index (χ3v) is 3.90. The van der Waals surface area contributed by atoms with E-state index in [1.54, 1.807) is 6.92 Å². The van der Waals surface area contributed by atoms with E-state index in [0.29, 0.717) is 0 Å². The lowest BCUT2D eigenvalue weighted by Gasteiger charge is -2.20. The Morgan fingerprint density at radius 1 is 0.562 bits per heavy atom. The van der Waals surface area contributed by atoms with Crippen LogP contribution in [0.3, 0.4) is 0 Å². The van der Waals surface area contributed by atoms with Crippen LogP contribution >= 0.6 is 0 Å². The van der Waals surface area contributed by atoms with E-state index in [1.807, 2.05) is 0 Å². The van der Waals surface area contributed by atoms with Gasteiger partial charge in [-0.25, -0.2) is 4.39 Å². The molecule has 0 spiro atoms. The zero-order valence-electron chi connectivity index (χ0n) is 11.1. The second-order valence-corrected chi connectivity index (χ2v) is 5.80. The van der Waals surface area contributed by atoms with E-state index in [1.165, 1.54) is 57.8 Å². The maximum Gasteiger partial charge on any atom is 0.108 e. The Kier molecular flexibility index (Phi) is 7.07. The van der Waals surface area contributed by atoms with Crippen LogP contribution in [0.25, 0.3) is 0 Å². The Labute approximate surface area is 101 Å². The smallest absolute Gasteiger partial charge is 0.108 e. The minimum Gasteiger partial charge on any atom is -0.244 e. The molecule has 1 saturated carbocycles. The Morgan fingerprint density at radius 3 is 1.12 bits per heavy atom. The zero-order valence-corrected chi connectivity index (χ0v) is 11.1. The average Bonchev–Trinajstić information content (AvgIpc) is 2.24. The van der Waals surface area contributed by atoms with Crippen molar-refractivity contribution in [3.63, 3.8) is 0 Å². The first kappa shape index (κ1) is 14.0. The standard InChI is InChI=1S/C15H29F/c1-15(16)13-11-9-7-5-3-2-4-6-8-10-12-14-15/h2-14H2,1H3. The van der Waals surface area contributed by atoms with Crippen LogP contribution in [0.2, 0.25) is 0 Å². The predicted octanol–water partition coefficient (Wildman–Crippen LogP) is 5.80. The molecule has 0 saturated heterocycles. The summed E-state index contributed by atoms with van der Waals surface area (Å²) in [5.74, 6) is 0. The molecule has 0 nitrogen and oxygen atoms in total. The van der Waals surface area contributed by atoms with Gasteiger partial charge in [-0.1, -0.05) is 70.6 Å². The molecule has 0 aromatic carbocycles. The molecule has 0 amide bonds. The van der Waals surface area contributed by atoms with Gasteiger partial charge in [0, 0.05) is 0 Å². The van der Waals surface area contributed by atoms with Crippen LogP contribution in [0.15, 0.2) is 0 Å². The third kappa shape index (κ3) is 7.24. The van der Waals surface area contributed by atoms with Crippen molar-refractivity contribution in [2.75, 3.05) is 0 Å². The quantitative estimate of drug-likeness (QED) is 0.491. The van der Waals surface area contributed by atoms with Crippen LogP contribution in [-0.2, 0) is 0 Å². The van der Waals surface area contributed by atoms with Crippen LogP contribution in [0.5, 0.6) is 0 Å². The van der Waals surface area contributed by atoms with Gasteiger partial charge < -0.3 is 0 Å². The van der Waals surface area contributed by atoms with Crippen molar-refractivity contribution in [2.24, 2.45) is 0 Å². The molecule has 96 valence electrons. The number of rotatable bonds is 0. The Bertz CT molecular complexity index is 147.